The van der Waals surface area contributed by atoms with Crippen molar-refractivity contribution in [1.29, 1.82) is 0 Å². The lowest BCUT2D eigenvalue weighted by atomic mass is 10.1. The molecule has 2 aromatic carbocycles. The molecule has 0 amide bonds. The molecule has 0 aliphatic heterocycles. The van der Waals surface area contributed by atoms with Crippen molar-refractivity contribution in [3.63, 3.8) is 0 Å². The van der Waals surface area contributed by atoms with E-state index >= 15 is 0 Å². The van der Waals surface area contributed by atoms with Gasteiger partial charge in [-0.15, -0.1) is 0 Å². The number of nitrogens with zero attached hydrogens (tertiary/aromatic N) is 2. The number of hydrogen-bond donors (Lipinski definition) is 1. The smallest absolute Gasteiger partial charge is 0.0958 e. The van der Waals surface area contributed by atoms with E-state index in [1.54, 1.807) is 0 Å². The monoisotopic (exact) mass is 265 g/mol. The lowest BCUT2D eigenvalue weighted by molar-refractivity contribution is 0.527. The predicted octanol–water partition coefficient (Wildman–Crippen LogP) is 3.00. The quantitative estimate of drug-likeness (QED) is 0.770. The Hall–Kier alpha value is -2.13. The maximum absolute atomic E-state index is 6.26. The number of aromatic nitrogens is 2. The number of nitrogens with two attached hydrogens (primary N) is 1. The van der Waals surface area contributed by atoms with Crippen LogP contribution in [0.15, 0.2) is 60.9 Å². The second-order valence-corrected chi connectivity index (χ2v) is 5.17. The zero-order chi connectivity index (χ0) is 13.8. The van der Waals surface area contributed by atoms with E-state index in [-0.39, 0.29) is 6.04 Å². The topological polar surface area (TPSA) is 43.8 Å². The molecule has 1 heterocycles. The molecule has 0 saturated carbocycles. The summed E-state index contributed by atoms with van der Waals surface area (Å²) in [5.74, 6) is 0. The number of hydrogen-bond acceptors (Lipinski definition) is 2. The van der Waals surface area contributed by atoms with Crippen molar-refractivity contribution >= 4 is 11.0 Å². The van der Waals surface area contributed by atoms with Gasteiger partial charge < -0.3 is 10.3 Å². The number of imidazole rings is 1. The highest BCUT2D eigenvalue weighted by Crippen LogP contribution is 2.13. The van der Waals surface area contributed by atoms with Gasteiger partial charge in [-0.3, -0.25) is 0 Å². The van der Waals surface area contributed by atoms with E-state index in [2.05, 4.69) is 39.9 Å². The number of benzene rings is 2. The van der Waals surface area contributed by atoms with Crippen LogP contribution in [0.2, 0.25) is 0 Å². The lowest BCUT2D eigenvalue weighted by Crippen LogP contribution is -2.26. The third-order valence-corrected chi connectivity index (χ3v) is 3.61. The van der Waals surface area contributed by atoms with Crippen LogP contribution < -0.4 is 5.73 Å². The molecule has 20 heavy (non-hydrogen) atoms. The van der Waals surface area contributed by atoms with E-state index in [4.69, 9.17) is 5.73 Å². The highest BCUT2D eigenvalue weighted by atomic mass is 15.1. The third-order valence-electron chi connectivity index (χ3n) is 3.61. The van der Waals surface area contributed by atoms with Crippen LogP contribution in [-0.4, -0.2) is 15.6 Å². The van der Waals surface area contributed by atoms with Gasteiger partial charge in [0.25, 0.3) is 0 Å². The van der Waals surface area contributed by atoms with E-state index in [1.165, 1.54) is 5.56 Å². The van der Waals surface area contributed by atoms with E-state index < -0.39 is 0 Å². The van der Waals surface area contributed by atoms with Gasteiger partial charge in [0, 0.05) is 12.6 Å². The van der Waals surface area contributed by atoms with Crippen molar-refractivity contribution in [1.82, 2.24) is 9.55 Å². The fourth-order valence-corrected chi connectivity index (χ4v) is 2.50. The van der Waals surface area contributed by atoms with Crippen LogP contribution in [0.4, 0.5) is 0 Å². The van der Waals surface area contributed by atoms with Crippen LogP contribution in [-0.2, 0) is 13.0 Å². The highest BCUT2D eigenvalue weighted by Gasteiger charge is 2.07. The van der Waals surface area contributed by atoms with Crippen molar-refractivity contribution in [3.8, 4) is 0 Å². The highest BCUT2D eigenvalue weighted by molar-refractivity contribution is 5.74. The minimum atomic E-state index is 0.146. The molecular weight excluding hydrogens is 246 g/mol. The Morgan fingerprint density at radius 2 is 1.75 bits per heavy atom. The van der Waals surface area contributed by atoms with Gasteiger partial charge in [-0.2, -0.15) is 0 Å². The summed E-state index contributed by atoms with van der Waals surface area (Å²) in [4.78, 5) is 4.40. The fourth-order valence-electron chi connectivity index (χ4n) is 2.50. The number of aryl methyl sites for hydroxylation is 1. The molecule has 0 bridgehead atoms. The van der Waals surface area contributed by atoms with Crippen molar-refractivity contribution in [2.75, 3.05) is 0 Å². The van der Waals surface area contributed by atoms with Crippen LogP contribution in [0.1, 0.15) is 12.0 Å². The molecule has 0 radical (unpaired) electrons. The lowest BCUT2D eigenvalue weighted by Gasteiger charge is -2.13. The predicted molar refractivity (Wildman–Crippen MR) is 82.5 cm³/mol. The van der Waals surface area contributed by atoms with E-state index in [0.29, 0.717) is 0 Å². The van der Waals surface area contributed by atoms with Gasteiger partial charge in [0.1, 0.15) is 0 Å². The second kappa shape index (κ2) is 5.88. The summed E-state index contributed by atoms with van der Waals surface area (Å²) < 4.78 is 2.14. The average Bonchev–Trinajstić information content (AvgIpc) is 2.90. The summed E-state index contributed by atoms with van der Waals surface area (Å²) in [7, 11) is 0. The van der Waals surface area contributed by atoms with Crippen LogP contribution in [0.25, 0.3) is 11.0 Å². The molecule has 102 valence electrons. The molecule has 0 spiro atoms. The molecule has 2 N–H and O–H groups in total. The summed E-state index contributed by atoms with van der Waals surface area (Å²) >= 11 is 0. The first kappa shape index (κ1) is 12.9. The number of fused-ring (bicyclic) bond motifs is 1. The normalized spacial score (nSPS) is 12.7. The summed E-state index contributed by atoms with van der Waals surface area (Å²) in [5.41, 5.74) is 9.79. The zero-order valence-electron chi connectivity index (χ0n) is 11.4. The Morgan fingerprint density at radius 3 is 2.60 bits per heavy atom. The van der Waals surface area contributed by atoms with Gasteiger partial charge in [0.2, 0.25) is 0 Å². The molecule has 0 saturated heterocycles. The summed E-state index contributed by atoms with van der Waals surface area (Å²) in [6.45, 7) is 0.813. The van der Waals surface area contributed by atoms with Gasteiger partial charge in [-0.25, -0.2) is 4.98 Å². The largest absolute Gasteiger partial charge is 0.329 e. The second-order valence-electron chi connectivity index (χ2n) is 5.17. The number of para-hydroxylation sites is 2. The Bertz CT molecular complexity index is 673. The third kappa shape index (κ3) is 2.89. The van der Waals surface area contributed by atoms with Gasteiger partial charge in [-0.1, -0.05) is 42.5 Å². The molecule has 3 heteroatoms. The number of rotatable bonds is 5. The maximum atomic E-state index is 6.26. The van der Waals surface area contributed by atoms with Crippen molar-refractivity contribution in [3.05, 3.63) is 66.5 Å². The van der Waals surface area contributed by atoms with Crippen molar-refractivity contribution < 1.29 is 0 Å². The molecular formula is C17H19N3. The Morgan fingerprint density at radius 1 is 1.00 bits per heavy atom. The molecule has 1 atom stereocenters. The molecule has 3 nitrogen and oxygen atoms in total. The summed E-state index contributed by atoms with van der Waals surface area (Å²) in [5, 5.41) is 0. The van der Waals surface area contributed by atoms with Crippen LogP contribution in [0.3, 0.4) is 0 Å². The maximum Gasteiger partial charge on any atom is 0.0958 e. The Labute approximate surface area is 119 Å². The minimum absolute atomic E-state index is 0.146. The molecule has 3 aromatic rings. The first-order valence-electron chi connectivity index (χ1n) is 7.02. The zero-order valence-corrected chi connectivity index (χ0v) is 11.4. The van der Waals surface area contributed by atoms with Crippen LogP contribution in [0, 0.1) is 0 Å². The van der Waals surface area contributed by atoms with E-state index in [9.17, 15) is 0 Å². The first-order chi connectivity index (χ1) is 9.83. The average molecular weight is 265 g/mol. The first-order valence-corrected chi connectivity index (χ1v) is 7.02. The molecule has 0 aliphatic carbocycles. The summed E-state index contributed by atoms with van der Waals surface area (Å²) in [6.07, 6.45) is 3.89. The van der Waals surface area contributed by atoms with Crippen LogP contribution in [0.5, 0.6) is 0 Å². The van der Waals surface area contributed by atoms with Gasteiger partial charge in [0.05, 0.1) is 17.4 Å². The summed E-state index contributed by atoms with van der Waals surface area (Å²) in [6, 6.07) is 18.8. The Balaban J connectivity index is 1.63. The van der Waals surface area contributed by atoms with E-state index in [0.717, 1.165) is 30.4 Å². The minimum Gasteiger partial charge on any atom is -0.329 e. The molecule has 0 fully saturated rings. The fraction of sp³-hybridized carbons (Fsp3) is 0.235. The SMILES string of the molecule is NC(CCc1ccccc1)Cn1cnc2ccccc21. The van der Waals surface area contributed by atoms with Crippen molar-refractivity contribution in [2.24, 2.45) is 5.73 Å². The van der Waals surface area contributed by atoms with Crippen LogP contribution >= 0.6 is 0 Å². The van der Waals surface area contributed by atoms with E-state index in [1.807, 2.05) is 30.6 Å². The molecule has 3 rings (SSSR count). The molecule has 1 unspecified atom stereocenters. The standard InChI is InChI=1S/C17H19N3/c18-15(11-10-14-6-2-1-3-7-14)12-20-13-19-16-8-4-5-9-17(16)20/h1-9,13,15H,10-12,18H2. The Kier molecular flexibility index (Phi) is 3.79. The molecule has 0 aliphatic rings. The molecule has 1 aromatic heterocycles. The van der Waals surface area contributed by atoms with Gasteiger partial charge in [0.15, 0.2) is 0 Å². The van der Waals surface area contributed by atoms with Gasteiger partial charge >= 0.3 is 0 Å². The van der Waals surface area contributed by atoms with Crippen molar-refractivity contribution in [2.45, 2.75) is 25.4 Å². The van der Waals surface area contributed by atoms with Gasteiger partial charge in [-0.05, 0) is 30.5 Å².